The van der Waals surface area contributed by atoms with Gasteiger partial charge in [0.05, 0.1) is 5.71 Å². The first-order valence-electron chi connectivity index (χ1n) is 6.08. The second kappa shape index (κ2) is 5.14. The molecule has 1 aliphatic carbocycles. The summed E-state index contributed by atoms with van der Waals surface area (Å²) in [7, 11) is 0. The molecule has 0 saturated carbocycles. The summed E-state index contributed by atoms with van der Waals surface area (Å²) in [6.45, 7) is 5.51. The van der Waals surface area contributed by atoms with Crippen LogP contribution in [0.2, 0.25) is 0 Å². The maximum atomic E-state index is 12.1. The summed E-state index contributed by atoms with van der Waals surface area (Å²) >= 11 is 0. The van der Waals surface area contributed by atoms with Crippen LogP contribution in [0.25, 0.3) is 0 Å². The van der Waals surface area contributed by atoms with E-state index in [2.05, 4.69) is 4.99 Å². The topological polar surface area (TPSA) is 46.5 Å². The highest BCUT2D eigenvalue weighted by atomic mass is 16.1. The lowest BCUT2D eigenvalue weighted by Crippen LogP contribution is -2.13. The van der Waals surface area contributed by atoms with Crippen molar-refractivity contribution in [1.29, 1.82) is 0 Å². The third-order valence-corrected chi connectivity index (χ3v) is 2.94. The fourth-order valence-corrected chi connectivity index (χ4v) is 2.04. The third kappa shape index (κ3) is 2.94. The molecule has 0 spiro atoms. The standard InChI is InChI=1S/C16H15NO2/c1-10-5-4-6-13(7-10)16(19)17-15-11(2)8-14(18)9-12(15)3/h4-9H,1-3H3. The molecule has 0 unspecified atom stereocenters. The average molecular weight is 253 g/mol. The number of benzene rings is 1. The van der Waals surface area contributed by atoms with Gasteiger partial charge in [0.15, 0.2) is 5.78 Å². The Labute approximate surface area is 112 Å². The van der Waals surface area contributed by atoms with Gasteiger partial charge in [-0.05, 0) is 56.2 Å². The molecule has 19 heavy (non-hydrogen) atoms. The van der Waals surface area contributed by atoms with Crippen molar-refractivity contribution in [2.75, 3.05) is 0 Å². The van der Waals surface area contributed by atoms with Crippen LogP contribution in [-0.4, -0.2) is 17.4 Å². The second-order valence-electron chi connectivity index (χ2n) is 4.69. The van der Waals surface area contributed by atoms with E-state index in [1.54, 1.807) is 26.0 Å². The van der Waals surface area contributed by atoms with Crippen molar-refractivity contribution in [3.8, 4) is 0 Å². The SMILES string of the molecule is CC1=CC(=O)C=C(C)C1=NC(=O)c1cccc(C)c1. The van der Waals surface area contributed by atoms with Crippen molar-refractivity contribution in [3.63, 3.8) is 0 Å². The predicted molar refractivity (Wildman–Crippen MR) is 75.5 cm³/mol. The molecule has 3 nitrogen and oxygen atoms in total. The summed E-state index contributed by atoms with van der Waals surface area (Å²) < 4.78 is 0. The Morgan fingerprint density at radius 2 is 1.68 bits per heavy atom. The van der Waals surface area contributed by atoms with Crippen LogP contribution in [0.1, 0.15) is 29.8 Å². The van der Waals surface area contributed by atoms with E-state index in [9.17, 15) is 9.59 Å². The molecule has 0 aliphatic heterocycles. The van der Waals surface area contributed by atoms with Crippen LogP contribution in [0, 0.1) is 6.92 Å². The van der Waals surface area contributed by atoms with Gasteiger partial charge in [0.1, 0.15) is 0 Å². The first-order valence-corrected chi connectivity index (χ1v) is 6.08. The quantitative estimate of drug-likeness (QED) is 0.722. The lowest BCUT2D eigenvalue weighted by Gasteiger charge is -2.11. The van der Waals surface area contributed by atoms with E-state index in [1.165, 1.54) is 12.2 Å². The second-order valence-corrected chi connectivity index (χ2v) is 4.69. The molecule has 96 valence electrons. The number of aliphatic imine (C=N–C) groups is 1. The van der Waals surface area contributed by atoms with Gasteiger partial charge in [0, 0.05) is 5.56 Å². The number of aryl methyl sites for hydroxylation is 1. The van der Waals surface area contributed by atoms with Crippen LogP contribution in [0.5, 0.6) is 0 Å². The Hall–Kier alpha value is -2.29. The summed E-state index contributed by atoms with van der Waals surface area (Å²) in [4.78, 5) is 27.6. The highest BCUT2D eigenvalue weighted by Gasteiger charge is 2.15. The van der Waals surface area contributed by atoms with Crippen LogP contribution < -0.4 is 0 Å². The van der Waals surface area contributed by atoms with Crippen LogP contribution in [0.15, 0.2) is 52.6 Å². The molecule has 2 rings (SSSR count). The maximum Gasteiger partial charge on any atom is 0.277 e. The van der Waals surface area contributed by atoms with Crippen LogP contribution in [0.3, 0.4) is 0 Å². The zero-order valence-electron chi connectivity index (χ0n) is 11.2. The van der Waals surface area contributed by atoms with E-state index in [-0.39, 0.29) is 11.7 Å². The van der Waals surface area contributed by atoms with E-state index in [0.29, 0.717) is 11.3 Å². The largest absolute Gasteiger partial charge is 0.290 e. The summed E-state index contributed by atoms with van der Waals surface area (Å²) in [5, 5.41) is 0. The minimum Gasteiger partial charge on any atom is -0.290 e. The van der Waals surface area contributed by atoms with E-state index in [0.717, 1.165) is 16.7 Å². The Kier molecular flexibility index (Phi) is 3.56. The van der Waals surface area contributed by atoms with Gasteiger partial charge < -0.3 is 0 Å². The van der Waals surface area contributed by atoms with Crippen LogP contribution >= 0.6 is 0 Å². The Balaban J connectivity index is 2.36. The lowest BCUT2D eigenvalue weighted by atomic mass is 9.97. The fourth-order valence-electron chi connectivity index (χ4n) is 2.04. The van der Waals surface area contributed by atoms with Crippen molar-refractivity contribution >= 4 is 17.4 Å². The number of carbonyl (C=O) groups excluding carboxylic acids is 2. The molecule has 0 N–H and O–H groups in total. The molecular formula is C16H15NO2. The van der Waals surface area contributed by atoms with Crippen molar-refractivity contribution in [3.05, 3.63) is 58.7 Å². The summed E-state index contributed by atoms with van der Waals surface area (Å²) in [5.74, 6) is -0.342. The smallest absolute Gasteiger partial charge is 0.277 e. The lowest BCUT2D eigenvalue weighted by molar-refractivity contribution is -0.110. The van der Waals surface area contributed by atoms with Crippen molar-refractivity contribution in [1.82, 2.24) is 0 Å². The van der Waals surface area contributed by atoms with E-state index in [1.807, 2.05) is 19.1 Å². The van der Waals surface area contributed by atoms with E-state index in [4.69, 9.17) is 0 Å². The number of ketones is 1. The van der Waals surface area contributed by atoms with E-state index < -0.39 is 0 Å². The molecule has 0 heterocycles. The Morgan fingerprint density at radius 3 is 2.26 bits per heavy atom. The summed E-state index contributed by atoms with van der Waals surface area (Å²) in [5.41, 5.74) is 3.62. The fraction of sp³-hybridized carbons (Fsp3) is 0.188. The number of carbonyl (C=O) groups is 2. The minimum atomic E-state index is -0.284. The zero-order valence-corrected chi connectivity index (χ0v) is 11.2. The first kappa shape index (κ1) is 13.1. The molecule has 0 fully saturated rings. The Morgan fingerprint density at radius 1 is 1.05 bits per heavy atom. The summed E-state index contributed by atoms with van der Waals surface area (Å²) in [6.07, 6.45) is 2.99. The molecule has 0 atom stereocenters. The van der Waals surface area contributed by atoms with Gasteiger partial charge in [-0.25, -0.2) is 4.99 Å². The molecular weight excluding hydrogens is 238 g/mol. The van der Waals surface area contributed by atoms with Gasteiger partial charge >= 0.3 is 0 Å². The van der Waals surface area contributed by atoms with E-state index >= 15 is 0 Å². The molecule has 0 bridgehead atoms. The summed E-state index contributed by atoms with van der Waals surface area (Å²) in [6, 6.07) is 7.31. The molecule has 1 aliphatic rings. The zero-order chi connectivity index (χ0) is 14.0. The number of hydrogen-bond acceptors (Lipinski definition) is 2. The number of hydrogen-bond donors (Lipinski definition) is 0. The molecule has 1 amide bonds. The third-order valence-electron chi connectivity index (χ3n) is 2.94. The maximum absolute atomic E-state index is 12.1. The molecule has 1 aromatic carbocycles. The highest BCUT2D eigenvalue weighted by Crippen LogP contribution is 2.15. The van der Waals surface area contributed by atoms with Crippen LogP contribution in [-0.2, 0) is 4.79 Å². The molecule has 0 aromatic heterocycles. The van der Waals surface area contributed by atoms with Gasteiger partial charge in [0.25, 0.3) is 5.91 Å². The molecule has 3 heteroatoms. The van der Waals surface area contributed by atoms with Gasteiger partial charge in [-0.3, -0.25) is 9.59 Å². The Bertz CT molecular complexity index is 624. The molecule has 1 aromatic rings. The number of amides is 1. The average Bonchev–Trinajstić information content (AvgIpc) is 2.33. The predicted octanol–water partition coefficient (Wildman–Crippen LogP) is 3.05. The van der Waals surface area contributed by atoms with Crippen molar-refractivity contribution in [2.24, 2.45) is 4.99 Å². The number of rotatable bonds is 1. The minimum absolute atomic E-state index is 0.0584. The van der Waals surface area contributed by atoms with Gasteiger partial charge in [-0.2, -0.15) is 0 Å². The molecule has 0 radical (unpaired) electrons. The van der Waals surface area contributed by atoms with Gasteiger partial charge in [-0.1, -0.05) is 17.7 Å². The van der Waals surface area contributed by atoms with Gasteiger partial charge in [-0.15, -0.1) is 0 Å². The molecule has 0 saturated heterocycles. The highest BCUT2D eigenvalue weighted by molar-refractivity contribution is 6.25. The number of allylic oxidation sites excluding steroid dienone is 4. The van der Waals surface area contributed by atoms with Crippen LogP contribution in [0.4, 0.5) is 0 Å². The van der Waals surface area contributed by atoms with Crippen molar-refractivity contribution in [2.45, 2.75) is 20.8 Å². The monoisotopic (exact) mass is 253 g/mol. The normalized spacial score (nSPS) is 14.9. The first-order chi connectivity index (χ1) is 8.97. The van der Waals surface area contributed by atoms with Crippen molar-refractivity contribution < 1.29 is 9.59 Å². The number of nitrogens with zero attached hydrogens (tertiary/aromatic N) is 1. The van der Waals surface area contributed by atoms with Gasteiger partial charge in [0.2, 0.25) is 0 Å².